The number of hydrogen-bond donors (Lipinski definition) is 2. The summed E-state index contributed by atoms with van der Waals surface area (Å²) in [4.78, 5) is 11.8. The molecule has 1 aromatic carbocycles. The molecular weight excluding hydrogens is 260 g/mol. The molecule has 0 radical (unpaired) electrons. The van der Waals surface area contributed by atoms with Crippen LogP contribution >= 0.6 is 12.4 Å². The van der Waals surface area contributed by atoms with Gasteiger partial charge in [0.1, 0.15) is 0 Å². The van der Waals surface area contributed by atoms with Gasteiger partial charge in [-0.15, -0.1) is 12.4 Å². The van der Waals surface area contributed by atoms with Crippen molar-refractivity contribution >= 4 is 18.3 Å². The van der Waals surface area contributed by atoms with Crippen LogP contribution in [-0.2, 0) is 4.79 Å². The second kappa shape index (κ2) is 9.82. The zero-order valence-corrected chi connectivity index (χ0v) is 12.6. The normalized spacial score (nSPS) is 11.5. The SMILES string of the molecule is CCC(CC(=O)NCCCN)c1ccc(C)cc1.Cl. The van der Waals surface area contributed by atoms with E-state index in [1.807, 2.05) is 0 Å². The maximum Gasteiger partial charge on any atom is 0.220 e. The summed E-state index contributed by atoms with van der Waals surface area (Å²) in [6.45, 7) is 5.50. The second-order valence-electron chi connectivity index (χ2n) is 4.71. The minimum atomic E-state index is 0. The van der Waals surface area contributed by atoms with Crippen LogP contribution in [0.3, 0.4) is 0 Å². The average Bonchev–Trinajstić information content (AvgIpc) is 2.37. The van der Waals surface area contributed by atoms with Crippen LogP contribution in [0, 0.1) is 6.92 Å². The fourth-order valence-electron chi connectivity index (χ4n) is 1.96. The van der Waals surface area contributed by atoms with E-state index in [4.69, 9.17) is 5.73 Å². The highest BCUT2D eigenvalue weighted by Crippen LogP contribution is 2.23. The minimum absolute atomic E-state index is 0. The van der Waals surface area contributed by atoms with Crippen LogP contribution in [-0.4, -0.2) is 19.0 Å². The van der Waals surface area contributed by atoms with E-state index in [0.717, 1.165) is 12.8 Å². The molecule has 0 aliphatic carbocycles. The van der Waals surface area contributed by atoms with Crippen molar-refractivity contribution in [2.24, 2.45) is 5.73 Å². The van der Waals surface area contributed by atoms with Gasteiger partial charge < -0.3 is 11.1 Å². The number of benzene rings is 1. The van der Waals surface area contributed by atoms with Gasteiger partial charge in [-0.2, -0.15) is 0 Å². The number of rotatable bonds is 7. The second-order valence-corrected chi connectivity index (χ2v) is 4.71. The Hall–Kier alpha value is -1.06. The summed E-state index contributed by atoms with van der Waals surface area (Å²) in [7, 11) is 0. The minimum Gasteiger partial charge on any atom is -0.356 e. The summed E-state index contributed by atoms with van der Waals surface area (Å²) in [5.74, 6) is 0.430. The predicted molar refractivity (Wildman–Crippen MR) is 82.8 cm³/mol. The largest absolute Gasteiger partial charge is 0.356 e. The number of halogens is 1. The van der Waals surface area contributed by atoms with Crippen molar-refractivity contribution in [2.75, 3.05) is 13.1 Å². The molecule has 0 fully saturated rings. The third-order valence-corrected chi connectivity index (χ3v) is 3.18. The summed E-state index contributed by atoms with van der Waals surface area (Å²) >= 11 is 0. The first-order chi connectivity index (χ1) is 8.67. The van der Waals surface area contributed by atoms with E-state index in [2.05, 4.69) is 43.4 Å². The van der Waals surface area contributed by atoms with Crippen molar-refractivity contribution < 1.29 is 4.79 Å². The van der Waals surface area contributed by atoms with E-state index in [9.17, 15) is 4.79 Å². The average molecular weight is 285 g/mol. The number of carbonyl (C=O) groups excluding carboxylic acids is 1. The number of carbonyl (C=O) groups is 1. The van der Waals surface area contributed by atoms with Gasteiger partial charge in [0.2, 0.25) is 5.91 Å². The molecule has 3 N–H and O–H groups in total. The van der Waals surface area contributed by atoms with Crippen molar-refractivity contribution in [1.29, 1.82) is 0 Å². The molecule has 0 aliphatic rings. The molecule has 19 heavy (non-hydrogen) atoms. The molecule has 1 aromatic rings. The predicted octanol–water partition coefficient (Wildman–Crippen LogP) is 2.77. The Balaban J connectivity index is 0.00000324. The molecule has 108 valence electrons. The van der Waals surface area contributed by atoms with Crippen molar-refractivity contribution in [2.45, 2.75) is 39.0 Å². The van der Waals surface area contributed by atoms with Crippen LogP contribution in [0.15, 0.2) is 24.3 Å². The topological polar surface area (TPSA) is 55.1 Å². The van der Waals surface area contributed by atoms with Crippen LogP contribution in [0.25, 0.3) is 0 Å². The molecule has 1 amide bonds. The van der Waals surface area contributed by atoms with Crippen LogP contribution in [0.4, 0.5) is 0 Å². The van der Waals surface area contributed by atoms with Crippen LogP contribution in [0.1, 0.15) is 43.2 Å². The number of hydrogen-bond acceptors (Lipinski definition) is 2. The molecule has 0 aromatic heterocycles. The van der Waals surface area contributed by atoms with Crippen molar-refractivity contribution in [3.05, 3.63) is 35.4 Å². The molecular formula is C15H25ClN2O. The van der Waals surface area contributed by atoms with Crippen molar-refractivity contribution in [3.63, 3.8) is 0 Å². The first-order valence-corrected chi connectivity index (χ1v) is 6.70. The van der Waals surface area contributed by atoms with Crippen LogP contribution < -0.4 is 11.1 Å². The Kier molecular flexibility index (Phi) is 9.27. The lowest BCUT2D eigenvalue weighted by Gasteiger charge is -2.15. The molecule has 0 spiro atoms. The first-order valence-electron chi connectivity index (χ1n) is 6.70. The standard InChI is InChI=1S/C15H24N2O.ClH/c1-3-13(11-15(18)17-10-4-9-16)14-7-5-12(2)6-8-14;/h5-8,13H,3-4,9-11,16H2,1-2H3,(H,17,18);1H. The lowest BCUT2D eigenvalue weighted by molar-refractivity contribution is -0.121. The van der Waals surface area contributed by atoms with Crippen molar-refractivity contribution in [1.82, 2.24) is 5.32 Å². The highest BCUT2D eigenvalue weighted by atomic mass is 35.5. The maximum absolute atomic E-state index is 11.8. The molecule has 0 aliphatic heterocycles. The number of nitrogens with one attached hydrogen (secondary N) is 1. The third kappa shape index (κ3) is 6.60. The van der Waals surface area contributed by atoms with Gasteiger partial charge in [0.05, 0.1) is 0 Å². The van der Waals surface area contributed by atoms with E-state index < -0.39 is 0 Å². The van der Waals surface area contributed by atoms with Gasteiger partial charge in [0.15, 0.2) is 0 Å². The summed E-state index contributed by atoms with van der Waals surface area (Å²) in [6.07, 6.45) is 2.38. The summed E-state index contributed by atoms with van der Waals surface area (Å²) in [6, 6.07) is 8.45. The van der Waals surface area contributed by atoms with Gasteiger partial charge >= 0.3 is 0 Å². The summed E-state index contributed by atoms with van der Waals surface area (Å²) < 4.78 is 0. The van der Waals surface area contributed by atoms with E-state index in [0.29, 0.717) is 25.4 Å². The zero-order chi connectivity index (χ0) is 13.4. The van der Waals surface area contributed by atoms with Crippen LogP contribution in [0.5, 0.6) is 0 Å². The van der Waals surface area contributed by atoms with Gasteiger partial charge in [-0.3, -0.25) is 4.79 Å². The third-order valence-electron chi connectivity index (χ3n) is 3.18. The van der Waals surface area contributed by atoms with Crippen LogP contribution in [0.2, 0.25) is 0 Å². The number of aryl methyl sites for hydroxylation is 1. The highest BCUT2D eigenvalue weighted by molar-refractivity contribution is 5.85. The molecule has 0 bridgehead atoms. The Morgan fingerprint density at radius 1 is 1.32 bits per heavy atom. The Labute approximate surface area is 122 Å². The van der Waals surface area contributed by atoms with E-state index in [-0.39, 0.29) is 18.3 Å². The molecule has 0 heterocycles. The maximum atomic E-state index is 11.8. The Morgan fingerprint density at radius 2 is 1.95 bits per heavy atom. The zero-order valence-electron chi connectivity index (χ0n) is 11.8. The highest BCUT2D eigenvalue weighted by Gasteiger charge is 2.13. The number of nitrogens with two attached hydrogens (primary N) is 1. The van der Waals surface area contributed by atoms with E-state index in [1.54, 1.807) is 0 Å². The quantitative estimate of drug-likeness (QED) is 0.757. The Morgan fingerprint density at radius 3 is 2.47 bits per heavy atom. The van der Waals surface area contributed by atoms with E-state index >= 15 is 0 Å². The molecule has 1 atom stereocenters. The van der Waals surface area contributed by atoms with Crippen molar-refractivity contribution in [3.8, 4) is 0 Å². The van der Waals surface area contributed by atoms with Gasteiger partial charge in [-0.05, 0) is 37.8 Å². The van der Waals surface area contributed by atoms with E-state index in [1.165, 1.54) is 11.1 Å². The molecule has 0 saturated carbocycles. The van der Waals surface area contributed by atoms with Gasteiger partial charge in [0.25, 0.3) is 0 Å². The molecule has 0 saturated heterocycles. The lowest BCUT2D eigenvalue weighted by Crippen LogP contribution is -2.27. The first kappa shape index (κ1) is 17.9. The van der Waals surface area contributed by atoms with Gasteiger partial charge in [-0.25, -0.2) is 0 Å². The molecule has 3 nitrogen and oxygen atoms in total. The molecule has 1 unspecified atom stereocenters. The smallest absolute Gasteiger partial charge is 0.220 e. The van der Waals surface area contributed by atoms with Gasteiger partial charge in [-0.1, -0.05) is 36.8 Å². The fraction of sp³-hybridized carbons (Fsp3) is 0.533. The monoisotopic (exact) mass is 284 g/mol. The summed E-state index contributed by atoms with van der Waals surface area (Å²) in [5.41, 5.74) is 7.89. The Bertz CT molecular complexity index is 365. The fourth-order valence-corrected chi connectivity index (χ4v) is 1.96. The summed E-state index contributed by atoms with van der Waals surface area (Å²) in [5, 5.41) is 2.91. The van der Waals surface area contributed by atoms with Gasteiger partial charge in [0, 0.05) is 13.0 Å². The molecule has 1 rings (SSSR count). The molecule has 4 heteroatoms. The number of amides is 1. The lowest BCUT2D eigenvalue weighted by atomic mass is 9.92.